The molecular formula is C10H7ClN4O3. The minimum atomic E-state index is -0.0294. The van der Waals surface area contributed by atoms with Crippen LogP contribution in [0.1, 0.15) is 0 Å². The molecule has 2 N–H and O–H groups in total. The maximum absolute atomic E-state index is 5.64. The molecule has 0 spiro atoms. The van der Waals surface area contributed by atoms with Crippen molar-refractivity contribution in [2.75, 3.05) is 12.5 Å². The van der Waals surface area contributed by atoms with Gasteiger partial charge < -0.3 is 19.9 Å². The summed E-state index contributed by atoms with van der Waals surface area (Å²) in [5, 5.41) is -0.0294. The molecule has 2 heterocycles. The highest BCUT2D eigenvalue weighted by atomic mass is 35.5. The van der Waals surface area contributed by atoms with E-state index in [4.69, 9.17) is 31.5 Å². The fraction of sp³-hybridized carbons (Fsp3) is 0.100. The van der Waals surface area contributed by atoms with Crippen LogP contribution in [0.15, 0.2) is 18.2 Å². The predicted molar refractivity (Wildman–Crippen MR) is 61.9 cm³/mol. The van der Waals surface area contributed by atoms with Crippen molar-refractivity contribution in [3.63, 3.8) is 0 Å². The topological polar surface area (TPSA) is 92.4 Å². The molecule has 1 aromatic heterocycles. The lowest BCUT2D eigenvalue weighted by Gasteiger charge is -2.04. The van der Waals surface area contributed by atoms with Gasteiger partial charge in [0.1, 0.15) is 5.75 Å². The summed E-state index contributed by atoms with van der Waals surface area (Å²) in [6.45, 7) is 0.198. The van der Waals surface area contributed by atoms with E-state index >= 15 is 0 Å². The molecule has 92 valence electrons. The molecule has 0 saturated heterocycles. The zero-order valence-electron chi connectivity index (χ0n) is 8.96. The van der Waals surface area contributed by atoms with E-state index in [1.165, 1.54) is 0 Å². The first-order chi connectivity index (χ1) is 8.70. The van der Waals surface area contributed by atoms with Gasteiger partial charge >= 0.3 is 6.01 Å². The number of nitrogen functional groups attached to an aromatic ring is 1. The Morgan fingerprint density at radius 1 is 1.17 bits per heavy atom. The molecule has 0 unspecified atom stereocenters. The van der Waals surface area contributed by atoms with Gasteiger partial charge in [-0.3, -0.25) is 0 Å². The Morgan fingerprint density at radius 3 is 2.83 bits per heavy atom. The number of rotatable bonds is 2. The molecule has 7 nitrogen and oxygen atoms in total. The lowest BCUT2D eigenvalue weighted by atomic mass is 10.3. The molecule has 2 aromatic rings. The van der Waals surface area contributed by atoms with Gasteiger partial charge in [0.15, 0.2) is 11.5 Å². The van der Waals surface area contributed by atoms with Crippen molar-refractivity contribution in [3.05, 3.63) is 23.5 Å². The van der Waals surface area contributed by atoms with E-state index in [0.717, 1.165) is 0 Å². The molecule has 0 atom stereocenters. The third kappa shape index (κ3) is 2.07. The quantitative estimate of drug-likeness (QED) is 0.883. The molecule has 1 aromatic carbocycles. The third-order valence-electron chi connectivity index (χ3n) is 2.16. The maximum Gasteiger partial charge on any atom is 0.328 e. The van der Waals surface area contributed by atoms with E-state index in [-0.39, 0.29) is 24.0 Å². The SMILES string of the molecule is Nc1nc(Cl)nc(Oc2ccc3c(c2)OCO3)n1. The van der Waals surface area contributed by atoms with Crippen LogP contribution in [0.25, 0.3) is 0 Å². The zero-order chi connectivity index (χ0) is 12.5. The van der Waals surface area contributed by atoms with Crippen molar-refractivity contribution in [2.45, 2.75) is 0 Å². The number of fused-ring (bicyclic) bond motifs is 1. The second-order valence-corrected chi connectivity index (χ2v) is 3.70. The van der Waals surface area contributed by atoms with Crippen LogP contribution < -0.4 is 19.9 Å². The van der Waals surface area contributed by atoms with E-state index < -0.39 is 0 Å². The lowest BCUT2D eigenvalue weighted by molar-refractivity contribution is 0.174. The van der Waals surface area contributed by atoms with Crippen LogP contribution in [0.4, 0.5) is 5.95 Å². The van der Waals surface area contributed by atoms with Crippen molar-refractivity contribution in [2.24, 2.45) is 0 Å². The van der Waals surface area contributed by atoms with Crippen LogP contribution in [0, 0.1) is 0 Å². The van der Waals surface area contributed by atoms with Crippen LogP contribution >= 0.6 is 11.6 Å². The van der Waals surface area contributed by atoms with Gasteiger partial charge in [-0.05, 0) is 23.7 Å². The summed E-state index contributed by atoms with van der Waals surface area (Å²) in [5.74, 6) is 1.74. The van der Waals surface area contributed by atoms with Crippen molar-refractivity contribution in [3.8, 4) is 23.3 Å². The molecular weight excluding hydrogens is 260 g/mol. The van der Waals surface area contributed by atoms with Crippen LogP contribution in [0.2, 0.25) is 5.28 Å². The highest BCUT2D eigenvalue weighted by molar-refractivity contribution is 6.28. The molecule has 0 radical (unpaired) electrons. The fourth-order valence-corrected chi connectivity index (χ4v) is 1.60. The first-order valence-corrected chi connectivity index (χ1v) is 5.33. The van der Waals surface area contributed by atoms with Gasteiger partial charge in [0.05, 0.1) is 0 Å². The number of anilines is 1. The minimum absolute atomic E-state index is 0.00857. The molecule has 1 aliphatic rings. The normalized spacial score (nSPS) is 12.5. The van der Waals surface area contributed by atoms with Crippen molar-refractivity contribution >= 4 is 17.5 Å². The molecule has 3 rings (SSSR count). The monoisotopic (exact) mass is 266 g/mol. The highest BCUT2D eigenvalue weighted by Crippen LogP contribution is 2.36. The van der Waals surface area contributed by atoms with Crippen molar-refractivity contribution in [1.82, 2.24) is 15.0 Å². The number of ether oxygens (including phenoxy) is 3. The highest BCUT2D eigenvalue weighted by Gasteiger charge is 2.14. The lowest BCUT2D eigenvalue weighted by Crippen LogP contribution is -2.00. The summed E-state index contributed by atoms with van der Waals surface area (Å²) in [4.78, 5) is 11.2. The number of hydrogen-bond acceptors (Lipinski definition) is 7. The Bertz CT molecular complexity index is 587. The first-order valence-electron chi connectivity index (χ1n) is 4.95. The molecule has 8 heteroatoms. The molecule has 18 heavy (non-hydrogen) atoms. The Hall–Kier alpha value is -2.28. The molecule has 0 saturated carbocycles. The van der Waals surface area contributed by atoms with Crippen LogP contribution in [-0.2, 0) is 0 Å². The average Bonchev–Trinajstić information content (AvgIpc) is 2.74. The van der Waals surface area contributed by atoms with Crippen LogP contribution in [0.3, 0.4) is 0 Å². The predicted octanol–water partition coefficient (Wildman–Crippen LogP) is 1.63. The summed E-state index contributed by atoms with van der Waals surface area (Å²) in [6, 6.07) is 5.10. The van der Waals surface area contributed by atoms with E-state index in [1.807, 2.05) is 0 Å². The van der Waals surface area contributed by atoms with Gasteiger partial charge in [-0.25, -0.2) is 0 Å². The number of hydrogen-bond donors (Lipinski definition) is 1. The molecule has 1 aliphatic heterocycles. The first kappa shape index (κ1) is 10.8. The van der Waals surface area contributed by atoms with E-state index in [9.17, 15) is 0 Å². The average molecular weight is 267 g/mol. The minimum Gasteiger partial charge on any atom is -0.454 e. The molecule has 0 amide bonds. The third-order valence-corrected chi connectivity index (χ3v) is 2.33. The Kier molecular flexibility index (Phi) is 2.52. The van der Waals surface area contributed by atoms with E-state index in [0.29, 0.717) is 17.2 Å². The maximum atomic E-state index is 5.64. The number of nitrogens with two attached hydrogens (primary N) is 1. The van der Waals surface area contributed by atoms with Crippen LogP contribution in [-0.4, -0.2) is 21.7 Å². The largest absolute Gasteiger partial charge is 0.454 e. The van der Waals surface area contributed by atoms with Gasteiger partial charge in [-0.1, -0.05) is 0 Å². The van der Waals surface area contributed by atoms with Gasteiger partial charge in [0, 0.05) is 6.07 Å². The zero-order valence-corrected chi connectivity index (χ0v) is 9.72. The standard InChI is InChI=1S/C10H7ClN4O3/c11-8-13-9(12)15-10(14-8)18-5-1-2-6-7(3-5)17-4-16-6/h1-3H,4H2,(H2,12,13,14,15). The summed E-state index contributed by atoms with van der Waals surface area (Å²) in [5.41, 5.74) is 5.43. The number of halogens is 1. The van der Waals surface area contributed by atoms with E-state index in [1.54, 1.807) is 18.2 Å². The summed E-state index contributed by atoms with van der Waals surface area (Å²) in [7, 11) is 0. The van der Waals surface area contributed by atoms with Gasteiger partial charge in [0.25, 0.3) is 0 Å². The Morgan fingerprint density at radius 2 is 2.00 bits per heavy atom. The number of benzene rings is 1. The molecule has 0 bridgehead atoms. The fourth-order valence-electron chi connectivity index (χ4n) is 1.44. The van der Waals surface area contributed by atoms with Gasteiger partial charge in [0.2, 0.25) is 18.0 Å². The second kappa shape index (κ2) is 4.19. The Labute approximate surface area is 106 Å². The summed E-state index contributed by atoms with van der Waals surface area (Å²) < 4.78 is 15.8. The molecule has 0 aliphatic carbocycles. The second-order valence-electron chi connectivity index (χ2n) is 3.36. The van der Waals surface area contributed by atoms with Crippen molar-refractivity contribution < 1.29 is 14.2 Å². The van der Waals surface area contributed by atoms with Gasteiger partial charge in [-0.15, -0.1) is 0 Å². The number of aromatic nitrogens is 3. The smallest absolute Gasteiger partial charge is 0.328 e. The van der Waals surface area contributed by atoms with Crippen LogP contribution in [0.5, 0.6) is 23.3 Å². The summed E-state index contributed by atoms with van der Waals surface area (Å²) in [6.07, 6.45) is 0. The van der Waals surface area contributed by atoms with E-state index in [2.05, 4.69) is 15.0 Å². The van der Waals surface area contributed by atoms with Crippen molar-refractivity contribution in [1.29, 1.82) is 0 Å². The molecule has 0 fully saturated rings. The number of nitrogens with zero attached hydrogens (tertiary/aromatic N) is 3. The van der Waals surface area contributed by atoms with Gasteiger partial charge in [-0.2, -0.15) is 15.0 Å². The Balaban J connectivity index is 1.88. The summed E-state index contributed by atoms with van der Waals surface area (Å²) >= 11 is 5.64.